The van der Waals surface area contributed by atoms with Crippen LogP contribution >= 0.6 is 15.9 Å². The van der Waals surface area contributed by atoms with Crippen LogP contribution in [0.15, 0.2) is 52.3 Å². The van der Waals surface area contributed by atoms with Crippen LogP contribution in [0.1, 0.15) is 18.5 Å². The molecule has 158 valence electrons. The fraction of sp³-hybridized carbons (Fsp3) is 0.263. The Bertz CT molecular complexity index is 1080. The number of nitrogens with two attached hydrogens (primary N) is 1. The van der Waals surface area contributed by atoms with E-state index in [4.69, 9.17) is 15.2 Å². The molecule has 30 heavy (non-hydrogen) atoms. The molecule has 11 heteroatoms. The molecule has 2 heterocycles. The molecule has 1 atom stereocenters. The van der Waals surface area contributed by atoms with E-state index in [0.29, 0.717) is 11.3 Å². The van der Waals surface area contributed by atoms with Gasteiger partial charge in [0.25, 0.3) is 5.56 Å². The summed E-state index contributed by atoms with van der Waals surface area (Å²) in [5.41, 5.74) is 7.04. The van der Waals surface area contributed by atoms with Gasteiger partial charge in [-0.05, 0) is 47.1 Å². The first kappa shape index (κ1) is 21.7. The van der Waals surface area contributed by atoms with Gasteiger partial charge in [0.05, 0.1) is 24.5 Å². The SMILES string of the molecule is CCOC(=O)Cn1cnc(OC[C@H](N)c2cnn(-c3ccc(F)cc3)c2)c(Br)c1=O. The van der Waals surface area contributed by atoms with Crippen LogP contribution in [0.25, 0.3) is 5.69 Å². The van der Waals surface area contributed by atoms with E-state index in [1.807, 2.05) is 0 Å². The standard InChI is InChI=1S/C19H19BrFN5O4/c1-2-29-16(27)9-25-11-23-18(17(20)19(25)28)30-10-15(22)12-7-24-26(8-12)14-5-3-13(21)4-6-14/h3-8,11,15H,2,9-10,22H2,1H3/t15-/m0/s1. The van der Waals surface area contributed by atoms with E-state index in [1.165, 1.54) is 18.5 Å². The Morgan fingerprint density at radius 1 is 1.33 bits per heavy atom. The van der Waals surface area contributed by atoms with Crippen molar-refractivity contribution in [3.8, 4) is 11.6 Å². The van der Waals surface area contributed by atoms with E-state index in [1.54, 1.807) is 36.1 Å². The number of hydrogen-bond donors (Lipinski definition) is 1. The maximum atomic E-state index is 13.1. The summed E-state index contributed by atoms with van der Waals surface area (Å²) >= 11 is 3.15. The molecule has 0 aliphatic heterocycles. The fourth-order valence-electron chi connectivity index (χ4n) is 2.54. The average Bonchev–Trinajstić information content (AvgIpc) is 3.22. The maximum Gasteiger partial charge on any atom is 0.326 e. The van der Waals surface area contributed by atoms with Crippen molar-refractivity contribution in [1.29, 1.82) is 0 Å². The smallest absolute Gasteiger partial charge is 0.326 e. The third-order valence-electron chi connectivity index (χ3n) is 4.08. The van der Waals surface area contributed by atoms with Crippen molar-refractivity contribution in [1.82, 2.24) is 19.3 Å². The Kier molecular flexibility index (Phi) is 6.95. The van der Waals surface area contributed by atoms with E-state index < -0.39 is 17.6 Å². The molecule has 3 rings (SSSR count). The number of ether oxygens (including phenoxy) is 2. The number of benzene rings is 1. The molecule has 0 saturated carbocycles. The molecular weight excluding hydrogens is 461 g/mol. The van der Waals surface area contributed by atoms with E-state index >= 15 is 0 Å². The van der Waals surface area contributed by atoms with Crippen LogP contribution in [0.3, 0.4) is 0 Å². The molecule has 0 bridgehead atoms. The summed E-state index contributed by atoms with van der Waals surface area (Å²) in [5.74, 6) is -0.817. The van der Waals surface area contributed by atoms with Gasteiger partial charge in [-0.1, -0.05) is 0 Å². The van der Waals surface area contributed by atoms with Gasteiger partial charge in [-0.15, -0.1) is 0 Å². The minimum atomic E-state index is -0.546. The van der Waals surface area contributed by atoms with Gasteiger partial charge in [0.2, 0.25) is 5.88 Å². The number of nitrogens with zero attached hydrogens (tertiary/aromatic N) is 4. The van der Waals surface area contributed by atoms with Gasteiger partial charge in [0.1, 0.15) is 29.8 Å². The first-order valence-electron chi connectivity index (χ1n) is 8.98. The highest BCUT2D eigenvalue weighted by Gasteiger charge is 2.16. The van der Waals surface area contributed by atoms with Crippen LogP contribution in [0.5, 0.6) is 5.88 Å². The van der Waals surface area contributed by atoms with E-state index in [-0.39, 0.29) is 35.9 Å². The molecule has 0 fully saturated rings. The maximum absolute atomic E-state index is 13.1. The third kappa shape index (κ3) is 5.10. The normalized spacial score (nSPS) is 11.9. The molecule has 0 spiro atoms. The average molecular weight is 480 g/mol. The number of rotatable bonds is 8. The third-order valence-corrected chi connectivity index (χ3v) is 4.76. The predicted molar refractivity (Wildman–Crippen MR) is 109 cm³/mol. The monoisotopic (exact) mass is 479 g/mol. The number of carbonyl (C=O) groups is 1. The molecule has 0 aliphatic rings. The number of esters is 1. The molecule has 0 saturated heterocycles. The van der Waals surface area contributed by atoms with Crippen molar-refractivity contribution >= 4 is 21.9 Å². The molecule has 0 aliphatic carbocycles. The fourth-order valence-corrected chi connectivity index (χ4v) is 2.98. The topological polar surface area (TPSA) is 114 Å². The highest BCUT2D eigenvalue weighted by Crippen LogP contribution is 2.19. The summed E-state index contributed by atoms with van der Waals surface area (Å²) in [6.45, 7) is 1.68. The first-order valence-corrected chi connectivity index (χ1v) is 9.77. The zero-order valence-corrected chi connectivity index (χ0v) is 17.6. The van der Waals surface area contributed by atoms with Crippen LogP contribution in [-0.4, -0.2) is 38.5 Å². The van der Waals surface area contributed by atoms with Crippen molar-refractivity contribution in [2.75, 3.05) is 13.2 Å². The lowest BCUT2D eigenvalue weighted by Gasteiger charge is -2.13. The molecule has 0 unspecified atom stereocenters. The van der Waals surface area contributed by atoms with Crippen molar-refractivity contribution in [2.24, 2.45) is 5.73 Å². The summed E-state index contributed by atoms with van der Waals surface area (Å²) in [5, 5.41) is 4.21. The second-order valence-electron chi connectivity index (χ2n) is 6.21. The van der Waals surface area contributed by atoms with Crippen LogP contribution < -0.4 is 16.0 Å². The van der Waals surface area contributed by atoms with Crippen LogP contribution in [0.4, 0.5) is 4.39 Å². The van der Waals surface area contributed by atoms with Gasteiger partial charge in [-0.2, -0.15) is 5.10 Å². The molecule has 0 radical (unpaired) electrons. The second kappa shape index (κ2) is 9.63. The van der Waals surface area contributed by atoms with Gasteiger partial charge in [-0.25, -0.2) is 14.1 Å². The lowest BCUT2D eigenvalue weighted by molar-refractivity contribution is -0.143. The Morgan fingerprint density at radius 2 is 2.07 bits per heavy atom. The van der Waals surface area contributed by atoms with Gasteiger partial charge in [-0.3, -0.25) is 14.2 Å². The zero-order valence-electron chi connectivity index (χ0n) is 16.0. The molecule has 2 N–H and O–H groups in total. The molecule has 2 aromatic heterocycles. The van der Waals surface area contributed by atoms with Crippen LogP contribution in [0, 0.1) is 5.82 Å². The molecule has 0 amide bonds. The number of halogens is 2. The predicted octanol–water partition coefficient (Wildman–Crippen LogP) is 1.97. The second-order valence-corrected chi connectivity index (χ2v) is 7.01. The van der Waals surface area contributed by atoms with E-state index in [2.05, 4.69) is 26.0 Å². The largest absolute Gasteiger partial charge is 0.475 e. The van der Waals surface area contributed by atoms with Crippen molar-refractivity contribution in [3.63, 3.8) is 0 Å². The summed E-state index contributed by atoms with van der Waals surface area (Å²) in [6.07, 6.45) is 4.50. The first-order chi connectivity index (χ1) is 14.4. The number of carbonyl (C=O) groups excluding carboxylic acids is 1. The quantitative estimate of drug-likeness (QED) is 0.491. The van der Waals surface area contributed by atoms with Gasteiger partial charge >= 0.3 is 5.97 Å². The molecule has 3 aromatic rings. The lowest BCUT2D eigenvalue weighted by Crippen LogP contribution is -2.27. The van der Waals surface area contributed by atoms with Gasteiger partial charge in [0.15, 0.2) is 0 Å². The van der Waals surface area contributed by atoms with Crippen LogP contribution in [-0.2, 0) is 16.1 Å². The minimum absolute atomic E-state index is 0.0298. The Morgan fingerprint density at radius 3 is 2.77 bits per heavy atom. The summed E-state index contributed by atoms with van der Waals surface area (Å²) in [7, 11) is 0. The molecule has 1 aromatic carbocycles. The Labute approximate surface area is 179 Å². The van der Waals surface area contributed by atoms with Gasteiger partial charge < -0.3 is 15.2 Å². The van der Waals surface area contributed by atoms with Gasteiger partial charge in [0, 0.05) is 11.8 Å². The Balaban J connectivity index is 1.65. The number of hydrogen-bond acceptors (Lipinski definition) is 7. The van der Waals surface area contributed by atoms with E-state index in [0.717, 1.165) is 4.57 Å². The van der Waals surface area contributed by atoms with Crippen molar-refractivity contribution in [3.05, 3.63) is 69.2 Å². The Hall–Kier alpha value is -3.05. The summed E-state index contributed by atoms with van der Waals surface area (Å²) in [4.78, 5) is 28.0. The molecule has 9 nitrogen and oxygen atoms in total. The minimum Gasteiger partial charge on any atom is -0.475 e. The molecular formula is C19H19BrFN5O4. The summed E-state index contributed by atoms with van der Waals surface area (Å²) < 4.78 is 26.2. The number of aromatic nitrogens is 4. The highest BCUT2D eigenvalue weighted by atomic mass is 79.9. The van der Waals surface area contributed by atoms with Crippen LogP contribution in [0.2, 0.25) is 0 Å². The van der Waals surface area contributed by atoms with Crippen molar-refractivity contribution < 1.29 is 18.7 Å². The van der Waals surface area contributed by atoms with Crippen molar-refractivity contribution in [2.45, 2.75) is 19.5 Å². The lowest BCUT2D eigenvalue weighted by atomic mass is 10.2. The highest BCUT2D eigenvalue weighted by molar-refractivity contribution is 9.10. The van der Waals surface area contributed by atoms with E-state index in [9.17, 15) is 14.0 Å². The zero-order chi connectivity index (χ0) is 21.7. The summed E-state index contributed by atoms with van der Waals surface area (Å²) in [6, 6.07) is 5.33.